The lowest BCUT2D eigenvalue weighted by molar-refractivity contribution is -0.123. The number of amides is 1. The summed E-state index contributed by atoms with van der Waals surface area (Å²) < 4.78 is 11.1. The Labute approximate surface area is 141 Å². The van der Waals surface area contributed by atoms with Crippen LogP contribution in [0.15, 0.2) is 77.4 Å². The molecule has 0 saturated heterocycles. The van der Waals surface area contributed by atoms with Crippen molar-refractivity contribution in [3.8, 4) is 5.75 Å². The Kier molecular flexibility index (Phi) is 4.96. The summed E-state index contributed by atoms with van der Waals surface area (Å²) >= 11 is 0. The Morgan fingerprint density at radius 2 is 1.79 bits per heavy atom. The number of nitrogens with one attached hydrogen (secondary N) is 1. The molecule has 2 aromatic carbocycles. The average molecular weight is 321 g/mol. The summed E-state index contributed by atoms with van der Waals surface area (Å²) in [4.78, 5) is 12.3. The van der Waals surface area contributed by atoms with Crippen LogP contribution in [0, 0.1) is 6.92 Å². The van der Waals surface area contributed by atoms with E-state index in [9.17, 15) is 4.79 Å². The molecule has 0 aliphatic heterocycles. The molecular weight excluding hydrogens is 302 g/mol. The molecule has 3 aromatic rings. The second-order valence-electron chi connectivity index (χ2n) is 5.48. The largest absolute Gasteiger partial charge is 0.484 e. The van der Waals surface area contributed by atoms with E-state index < -0.39 is 0 Å². The number of benzene rings is 2. The zero-order chi connectivity index (χ0) is 16.8. The minimum Gasteiger partial charge on any atom is -0.484 e. The fraction of sp³-hybridized carbons (Fsp3) is 0.150. The van der Waals surface area contributed by atoms with Crippen LogP contribution < -0.4 is 10.1 Å². The lowest BCUT2D eigenvalue weighted by Crippen LogP contribution is -2.33. The third-order valence-electron chi connectivity index (χ3n) is 3.72. The van der Waals surface area contributed by atoms with Crippen LogP contribution >= 0.6 is 0 Å². The molecule has 0 aliphatic rings. The van der Waals surface area contributed by atoms with Gasteiger partial charge in [-0.3, -0.25) is 4.79 Å². The SMILES string of the molecule is Cc1ccccc1OCC(=O)N[C@@H](c1ccccc1)c1ccco1. The molecular formula is C20H19NO3. The number of aryl methyl sites for hydroxylation is 1. The van der Waals surface area contributed by atoms with E-state index in [1.807, 2.05) is 67.6 Å². The normalized spacial score (nSPS) is 11.7. The molecule has 1 N–H and O–H groups in total. The molecule has 4 nitrogen and oxygen atoms in total. The number of hydrogen-bond donors (Lipinski definition) is 1. The van der Waals surface area contributed by atoms with E-state index in [-0.39, 0.29) is 18.6 Å². The van der Waals surface area contributed by atoms with Crippen molar-refractivity contribution in [2.75, 3.05) is 6.61 Å². The molecule has 0 fully saturated rings. The third kappa shape index (κ3) is 3.84. The Morgan fingerprint density at radius 3 is 2.50 bits per heavy atom. The smallest absolute Gasteiger partial charge is 0.258 e. The van der Waals surface area contributed by atoms with E-state index in [0.717, 1.165) is 11.1 Å². The van der Waals surface area contributed by atoms with Crippen molar-refractivity contribution in [2.24, 2.45) is 0 Å². The monoisotopic (exact) mass is 321 g/mol. The summed E-state index contributed by atoms with van der Waals surface area (Å²) in [6.07, 6.45) is 1.60. The van der Waals surface area contributed by atoms with Crippen molar-refractivity contribution >= 4 is 5.91 Å². The molecule has 122 valence electrons. The average Bonchev–Trinajstić information content (AvgIpc) is 3.14. The van der Waals surface area contributed by atoms with Crippen LogP contribution in [-0.4, -0.2) is 12.5 Å². The number of furan rings is 1. The van der Waals surface area contributed by atoms with E-state index >= 15 is 0 Å². The Morgan fingerprint density at radius 1 is 1.04 bits per heavy atom. The van der Waals surface area contributed by atoms with Gasteiger partial charge in [0.05, 0.1) is 6.26 Å². The van der Waals surface area contributed by atoms with E-state index in [0.29, 0.717) is 11.5 Å². The van der Waals surface area contributed by atoms with Crippen LogP contribution in [0.25, 0.3) is 0 Å². The number of carbonyl (C=O) groups is 1. The van der Waals surface area contributed by atoms with Gasteiger partial charge in [0.25, 0.3) is 5.91 Å². The first-order chi connectivity index (χ1) is 11.7. The van der Waals surface area contributed by atoms with Crippen molar-refractivity contribution in [3.63, 3.8) is 0 Å². The van der Waals surface area contributed by atoms with Gasteiger partial charge in [0.15, 0.2) is 6.61 Å². The highest BCUT2D eigenvalue weighted by atomic mass is 16.5. The zero-order valence-corrected chi connectivity index (χ0v) is 13.4. The van der Waals surface area contributed by atoms with Gasteiger partial charge in [-0.15, -0.1) is 0 Å². The topological polar surface area (TPSA) is 51.5 Å². The van der Waals surface area contributed by atoms with Gasteiger partial charge < -0.3 is 14.5 Å². The van der Waals surface area contributed by atoms with E-state index in [2.05, 4.69) is 5.32 Å². The molecule has 0 spiro atoms. The zero-order valence-electron chi connectivity index (χ0n) is 13.4. The predicted molar refractivity (Wildman–Crippen MR) is 91.8 cm³/mol. The lowest BCUT2D eigenvalue weighted by Gasteiger charge is -2.17. The molecule has 1 amide bonds. The maximum atomic E-state index is 12.3. The summed E-state index contributed by atoms with van der Waals surface area (Å²) in [6.45, 7) is 1.90. The molecule has 1 atom stereocenters. The Hall–Kier alpha value is -3.01. The fourth-order valence-electron chi connectivity index (χ4n) is 2.48. The summed E-state index contributed by atoms with van der Waals surface area (Å²) in [5.74, 6) is 1.19. The number of hydrogen-bond acceptors (Lipinski definition) is 3. The van der Waals surface area contributed by atoms with E-state index in [1.165, 1.54) is 0 Å². The van der Waals surface area contributed by atoms with Crippen LogP contribution in [0.3, 0.4) is 0 Å². The molecule has 3 rings (SSSR count). The second-order valence-corrected chi connectivity index (χ2v) is 5.48. The second kappa shape index (κ2) is 7.51. The van der Waals surface area contributed by atoms with Crippen molar-refractivity contribution in [1.29, 1.82) is 0 Å². The van der Waals surface area contributed by atoms with Crippen LogP contribution in [0.4, 0.5) is 0 Å². The van der Waals surface area contributed by atoms with Gasteiger partial charge in [-0.05, 0) is 36.2 Å². The van der Waals surface area contributed by atoms with Crippen molar-refractivity contribution in [3.05, 3.63) is 89.9 Å². The molecule has 0 aliphatic carbocycles. The minimum absolute atomic E-state index is 0.0467. The first-order valence-electron chi connectivity index (χ1n) is 7.80. The van der Waals surface area contributed by atoms with Crippen molar-refractivity contribution in [2.45, 2.75) is 13.0 Å². The number of rotatable bonds is 6. The molecule has 0 bridgehead atoms. The van der Waals surface area contributed by atoms with Crippen LogP contribution in [0.1, 0.15) is 22.9 Å². The Balaban J connectivity index is 1.69. The summed E-state index contributed by atoms with van der Waals surface area (Å²) in [6, 6.07) is 20.6. The van der Waals surface area contributed by atoms with Gasteiger partial charge in [0, 0.05) is 0 Å². The van der Waals surface area contributed by atoms with Crippen LogP contribution in [0.5, 0.6) is 5.75 Å². The number of carbonyl (C=O) groups excluding carboxylic acids is 1. The molecule has 0 saturated carbocycles. The maximum absolute atomic E-state index is 12.3. The molecule has 4 heteroatoms. The van der Waals surface area contributed by atoms with Crippen molar-refractivity contribution in [1.82, 2.24) is 5.32 Å². The van der Waals surface area contributed by atoms with Gasteiger partial charge in [-0.25, -0.2) is 0 Å². The molecule has 1 heterocycles. The van der Waals surface area contributed by atoms with Crippen LogP contribution in [0.2, 0.25) is 0 Å². The predicted octanol–water partition coefficient (Wildman–Crippen LogP) is 3.87. The first kappa shape index (κ1) is 15.9. The minimum atomic E-state index is -0.339. The highest BCUT2D eigenvalue weighted by Crippen LogP contribution is 2.22. The van der Waals surface area contributed by atoms with Gasteiger partial charge >= 0.3 is 0 Å². The standard InChI is InChI=1S/C20H19NO3/c1-15-8-5-6-11-17(15)24-14-19(22)21-20(18-12-7-13-23-18)16-9-3-2-4-10-16/h2-13,20H,14H2,1H3,(H,21,22)/t20-/m0/s1. The number of ether oxygens (including phenoxy) is 1. The summed E-state index contributed by atoms with van der Waals surface area (Å²) in [7, 11) is 0. The highest BCUT2D eigenvalue weighted by Gasteiger charge is 2.19. The van der Waals surface area contributed by atoms with E-state index in [4.69, 9.17) is 9.15 Å². The quantitative estimate of drug-likeness (QED) is 0.750. The third-order valence-corrected chi connectivity index (χ3v) is 3.72. The van der Waals surface area contributed by atoms with Gasteiger partial charge in [0.2, 0.25) is 0 Å². The lowest BCUT2D eigenvalue weighted by atomic mass is 10.0. The fourth-order valence-corrected chi connectivity index (χ4v) is 2.48. The Bertz CT molecular complexity index is 782. The van der Waals surface area contributed by atoms with E-state index in [1.54, 1.807) is 12.3 Å². The van der Waals surface area contributed by atoms with Gasteiger partial charge in [-0.1, -0.05) is 48.5 Å². The first-order valence-corrected chi connectivity index (χ1v) is 7.80. The van der Waals surface area contributed by atoms with Gasteiger partial charge in [-0.2, -0.15) is 0 Å². The molecule has 0 radical (unpaired) electrons. The number of para-hydroxylation sites is 1. The van der Waals surface area contributed by atoms with Crippen LogP contribution in [-0.2, 0) is 4.79 Å². The maximum Gasteiger partial charge on any atom is 0.258 e. The summed E-state index contributed by atoms with van der Waals surface area (Å²) in [5, 5.41) is 2.97. The molecule has 24 heavy (non-hydrogen) atoms. The van der Waals surface area contributed by atoms with Gasteiger partial charge in [0.1, 0.15) is 17.6 Å². The highest BCUT2D eigenvalue weighted by molar-refractivity contribution is 5.78. The summed E-state index contributed by atoms with van der Waals surface area (Å²) in [5.41, 5.74) is 1.95. The van der Waals surface area contributed by atoms with Crippen molar-refractivity contribution < 1.29 is 13.9 Å². The molecule has 0 unspecified atom stereocenters. The molecule has 1 aromatic heterocycles.